The molecule has 0 N–H and O–H groups in total. The highest BCUT2D eigenvalue weighted by Gasteiger charge is 2.14. The van der Waals surface area contributed by atoms with E-state index in [1.54, 1.807) is 0 Å². The van der Waals surface area contributed by atoms with Crippen LogP contribution in [-0.2, 0) is 0 Å². The van der Waals surface area contributed by atoms with Gasteiger partial charge in [0.25, 0.3) is 0 Å². The fourth-order valence-electron chi connectivity index (χ4n) is 5.77. The monoisotopic (exact) mass is 523 g/mol. The number of hydrogen-bond acceptors (Lipinski definition) is 2. The van der Waals surface area contributed by atoms with Crippen LogP contribution in [0.25, 0.3) is 77.5 Å². The summed E-state index contributed by atoms with van der Waals surface area (Å²) in [6.07, 6.45) is 0. The van der Waals surface area contributed by atoms with Gasteiger partial charge in [-0.15, -0.1) is 0 Å². The minimum Gasteiger partial charge on any atom is -0.435 e. The van der Waals surface area contributed by atoms with Crippen molar-refractivity contribution < 1.29 is 4.42 Å². The summed E-state index contributed by atoms with van der Waals surface area (Å²) in [7, 11) is 0. The second kappa shape index (κ2) is 9.62. The highest BCUT2D eigenvalue weighted by Crippen LogP contribution is 2.37. The predicted octanol–water partition coefficient (Wildman–Crippen LogP) is 10.8. The van der Waals surface area contributed by atoms with Gasteiger partial charge in [-0.3, -0.25) is 0 Å². The third-order valence-corrected chi connectivity index (χ3v) is 7.90. The van der Waals surface area contributed by atoms with Gasteiger partial charge in [0.05, 0.1) is 0 Å². The summed E-state index contributed by atoms with van der Waals surface area (Å²) in [6, 6.07) is 53.4. The summed E-state index contributed by atoms with van der Waals surface area (Å²) < 4.78 is 6.42. The van der Waals surface area contributed by atoms with Crippen LogP contribution in [0.3, 0.4) is 0 Å². The van der Waals surface area contributed by atoms with E-state index in [2.05, 4.69) is 121 Å². The van der Waals surface area contributed by atoms with Crippen molar-refractivity contribution in [1.29, 1.82) is 0 Å². The number of hydrogen-bond donors (Lipinski definition) is 0. The molecule has 0 aliphatic carbocycles. The molecule has 8 rings (SSSR count). The number of aromatic nitrogens is 1. The molecule has 0 fully saturated rings. The molecule has 1 aromatic heterocycles. The first kappa shape index (κ1) is 23.4. The molecule has 0 saturated heterocycles. The number of benzene rings is 7. The minimum absolute atomic E-state index is 0.646. The van der Waals surface area contributed by atoms with Crippen molar-refractivity contribution in [2.75, 3.05) is 0 Å². The van der Waals surface area contributed by atoms with Crippen LogP contribution in [0.2, 0.25) is 0 Å². The van der Waals surface area contributed by atoms with E-state index < -0.39 is 0 Å². The maximum Gasteiger partial charge on any atom is 0.227 e. The van der Waals surface area contributed by atoms with Crippen molar-refractivity contribution in [1.82, 2.24) is 4.98 Å². The molecule has 41 heavy (non-hydrogen) atoms. The lowest BCUT2D eigenvalue weighted by Crippen LogP contribution is -1.84. The van der Waals surface area contributed by atoms with Gasteiger partial charge in [0, 0.05) is 10.9 Å². The van der Waals surface area contributed by atoms with Gasteiger partial charge >= 0.3 is 0 Å². The molecule has 0 saturated carbocycles. The van der Waals surface area contributed by atoms with Gasteiger partial charge in [0.2, 0.25) is 5.89 Å². The summed E-state index contributed by atoms with van der Waals surface area (Å²) in [5, 5.41) is 4.60. The Balaban J connectivity index is 1.21. The molecule has 2 heteroatoms. The maximum atomic E-state index is 6.42. The fourth-order valence-corrected chi connectivity index (χ4v) is 5.77. The second-order valence-electron chi connectivity index (χ2n) is 10.4. The van der Waals surface area contributed by atoms with Crippen LogP contribution in [0.4, 0.5) is 0 Å². The normalized spacial score (nSPS) is 11.4. The summed E-state index contributed by atoms with van der Waals surface area (Å²) in [6.45, 7) is 0. The molecule has 0 radical (unpaired) electrons. The smallest absolute Gasteiger partial charge is 0.227 e. The Hall–Kier alpha value is -5.47. The van der Waals surface area contributed by atoms with E-state index in [0.717, 1.165) is 27.4 Å². The van der Waals surface area contributed by atoms with Crippen LogP contribution < -0.4 is 0 Å². The van der Waals surface area contributed by atoms with Gasteiger partial charge in [-0.2, -0.15) is 0 Å². The van der Waals surface area contributed by atoms with Crippen molar-refractivity contribution >= 4 is 32.6 Å². The Morgan fingerprint density at radius 3 is 1.61 bits per heavy atom. The molecule has 0 spiro atoms. The third kappa shape index (κ3) is 4.18. The molecule has 0 aliphatic rings. The van der Waals surface area contributed by atoms with E-state index in [-0.39, 0.29) is 0 Å². The van der Waals surface area contributed by atoms with Crippen molar-refractivity contribution in [2.45, 2.75) is 0 Å². The Morgan fingerprint density at radius 2 is 0.902 bits per heavy atom. The zero-order valence-electron chi connectivity index (χ0n) is 22.3. The lowest BCUT2D eigenvalue weighted by Gasteiger charge is -2.10. The van der Waals surface area contributed by atoms with Crippen LogP contribution in [0, 0.1) is 0 Å². The van der Waals surface area contributed by atoms with Crippen LogP contribution in [0.15, 0.2) is 156 Å². The number of nitrogens with zero attached hydrogens (tertiary/aromatic N) is 1. The maximum absolute atomic E-state index is 6.42. The van der Waals surface area contributed by atoms with E-state index in [9.17, 15) is 0 Å². The van der Waals surface area contributed by atoms with E-state index in [1.807, 2.05) is 30.3 Å². The lowest BCUT2D eigenvalue weighted by atomic mass is 9.95. The molecule has 0 unspecified atom stereocenters. The Bertz CT molecular complexity index is 2180. The van der Waals surface area contributed by atoms with Gasteiger partial charge in [-0.1, -0.05) is 121 Å². The number of rotatable bonds is 4. The van der Waals surface area contributed by atoms with Crippen LogP contribution >= 0.6 is 0 Å². The van der Waals surface area contributed by atoms with Gasteiger partial charge < -0.3 is 4.42 Å². The highest BCUT2D eigenvalue weighted by atomic mass is 16.3. The van der Waals surface area contributed by atoms with E-state index in [0.29, 0.717) is 5.89 Å². The molecule has 7 aromatic carbocycles. The molecule has 8 aromatic rings. The van der Waals surface area contributed by atoms with E-state index in [4.69, 9.17) is 9.40 Å². The molecule has 2 nitrogen and oxygen atoms in total. The standard InChI is InChI=1S/C39H25NO/c1-3-8-26(9-4-1)32-12-7-13-33(24-32)27-14-16-28(17-15-27)34-21-19-29-18-20-30-22-23-36-38(37(30)35(29)25-34)41-39(40-36)31-10-5-2-6-11-31/h1-25H. The van der Waals surface area contributed by atoms with Gasteiger partial charge in [0.1, 0.15) is 5.52 Å². The fraction of sp³-hybridized carbons (Fsp3) is 0. The minimum atomic E-state index is 0.646. The van der Waals surface area contributed by atoms with E-state index in [1.165, 1.54) is 44.2 Å². The molecule has 0 atom stereocenters. The second-order valence-corrected chi connectivity index (χ2v) is 10.4. The Kier molecular flexibility index (Phi) is 5.49. The molecule has 1 heterocycles. The summed E-state index contributed by atoms with van der Waals surface area (Å²) in [5.41, 5.74) is 9.91. The zero-order valence-corrected chi connectivity index (χ0v) is 22.3. The quantitative estimate of drug-likeness (QED) is 0.214. The third-order valence-electron chi connectivity index (χ3n) is 7.90. The van der Waals surface area contributed by atoms with Crippen LogP contribution in [0.5, 0.6) is 0 Å². The molecule has 0 amide bonds. The molecular weight excluding hydrogens is 498 g/mol. The lowest BCUT2D eigenvalue weighted by molar-refractivity contribution is 0.623. The number of fused-ring (bicyclic) bond motifs is 5. The molecular formula is C39H25NO. The first-order valence-electron chi connectivity index (χ1n) is 13.9. The molecule has 0 bridgehead atoms. The van der Waals surface area contributed by atoms with Crippen LogP contribution in [0.1, 0.15) is 0 Å². The summed E-state index contributed by atoms with van der Waals surface area (Å²) >= 11 is 0. The first-order valence-corrected chi connectivity index (χ1v) is 13.9. The van der Waals surface area contributed by atoms with Gasteiger partial charge in [0.15, 0.2) is 5.58 Å². The number of oxazole rings is 1. The topological polar surface area (TPSA) is 26.0 Å². The van der Waals surface area contributed by atoms with Crippen molar-refractivity contribution in [3.63, 3.8) is 0 Å². The first-order chi connectivity index (χ1) is 20.3. The predicted molar refractivity (Wildman–Crippen MR) is 171 cm³/mol. The summed E-state index contributed by atoms with van der Waals surface area (Å²) in [4.78, 5) is 4.82. The molecule has 0 aliphatic heterocycles. The van der Waals surface area contributed by atoms with E-state index >= 15 is 0 Å². The zero-order chi connectivity index (χ0) is 27.2. The average Bonchev–Trinajstić information content (AvgIpc) is 3.50. The van der Waals surface area contributed by atoms with Gasteiger partial charge in [-0.05, 0) is 79.9 Å². The van der Waals surface area contributed by atoms with Crippen molar-refractivity contribution in [3.8, 4) is 44.8 Å². The Morgan fingerprint density at radius 1 is 0.390 bits per heavy atom. The Labute approximate surface area is 238 Å². The average molecular weight is 524 g/mol. The highest BCUT2D eigenvalue weighted by molar-refractivity contribution is 6.18. The SMILES string of the molecule is c1ccc(-c2cccc(-c3ccc(-c4ccc5ccc6ccc7nc(-c8ccccc8)oc7c6c5c4)cc3)c2)cc1. The van der Waals surface area contributed by atoms with Gasteiger partial charge in [-0.25, -0.2) is 4.98 Å². The molecule has 192 valence electrons. The van der Waals surface area contributed by atoms with Crippen molar-refractivity contribution in [3.05, 3.63) is 152 Å². The largest absolute Gasteiger partial charge is 0.435 e. The van der Waals surface area contributed by atoms with Crippen LogP contribution in [-0.4, -0.2) is 4.98 Å². The van der Waals surface area contributed by atoms with Crippen molar-refractivity contribution in [2.24, 2.45) is 0 Å². The summed E-state index contributed by atoms with van der Waals surface area (Å²) in [5.74, 6) is 0.646.